The van der Waals surface area contributed by atoms with Crippen molar-refractivity contribution >= 4 is 11.9 Å². The number of aromatic carboxylic acids is 1. The Hall–Kier alpha value is -1.84. The first-order valence-corrected chi connectivity index (χ1v) is 8.28. The standard InChI is InChI=1S/C19H26O4/c1-19(2,3)9-4-10-23-18(22)16-8-6-13-11-15(17(20)21)7-5-14(13)12-16/h5,7,11,16H,4,6,8-10,12H2,1-3H3,(H,20,21). The number of aryl methyl sites for hydroxylation is 1. The fourth-order valence-corrected chi connectivity index (χ4v) is 2.98. The van der Waals surface area contributed by atoms with Gasteiger partial charge in [-0.15, -0.1) is 0 Å². The van der Waals surface area contributed by atoms with Crippen LogP contribution in [0.1, 0.15) is 61.5 Å². The molecule has 0 aliphatic heterocycles. The second-order valence-electron chi connectivity index (χ2n) is 7.56. The first-order valence-electron chi connectivity index (χ1n) is 8.28. The molecule has 4 nitrogen and oxygen atoms in total. The van der Waals surface area contributed by atoms with Gasteiger partial charge in [0.05, 0.1) is 18.1 Å². The van der Waals surface area contributed by atoms with Crippen LogP contribution in [0.4, 0.5) is 0 Å². The van der Waals surface area contributed by atoms with Gasteiger partial charge in [0.25, 0.3) is 0 Å². The lowest BCUT2D eigenvalue weighted by Crippen LogP contribution is -2.25. The molecule has 23 heavy (non-hydrogen) atoms. The second-order valence-corrected chi connectivity index (χ2v) is 7.56. The number of carboxylic acids is 1. The summed E-state index contributed by atoms with van der Waals surface area (Å²) in [7, 11) is 0. The Morgan fingerprint density at radius 3 is 2.65 bits per heavy atom. The number of esters is 1. The van der Waals surface area contributed by atoms with Crippen LogP contribution in [0.2, 0.25) is 0 Å². The summed E-state index contributed by atoms with van der Waals surface area (Å²) in [6.45, 7) is 7.02. The smallest absolute Gasteiger partial charge is 0.335 e. The van der Waals surface area contributed by atoms with Crippen LogP contribution in [0.25, 0.3) is 0 Å². The molecule has 0 aromatic heterocycles. The highest BCUT2D eigenvalue weighted by Gasteiger charge is 2.26. The molecule has 2 rings (SSSR count). The topological polar surface area (TPSA) is 63.6 Å². The van der Waals surface area contributed by atoms with Crippen molar-refractivity contribution in [3.8, 4) is 0 Å². The van der Waals surface area contributed by atoms with Crippen LogP contribution < -0.4 is 0 Å². The third-order valence-corrected chi connectivity index (χ3v) is 4.33. The number of hydrogen-bond donors (Lipinski definition) is 1. The SMILES string of the molecule is CC(C)(C)CCCOC(=O)C1CCc2cc(C(=O)O)ccc2C1. The number of hydrogen-bond acceptors (Lipinski definition) is 3. The zero-order valence-corrected chi connectivity index (χ0v) is 14.2. The highest BCUT2D eigenvalue weighted by atomic mass is 16.5. The van der Waals surface area contributed by atoms with Crippen LogP contribution in [-0.4, -0.2) is 23.7 Å². The summed E-state index contributed by atoms with van der Waals surface area (Å²) in [6.07, 6.45) is 4.03. The van der Waals surface area contributed by atoms with E-state index in [9.17, 15) is 9.59 Å². The summed E-state index contributed by atoms with van der Waals surface area (Å²) in [5.74, 6) is -1.13. The van der Waals surface area contributed by atoms with Gasteiger partial charge in [-0.3, -0.25) is 4.79 Å². The van der Waals surface area contributed by atoms with E-state index in [1.54, 1.807) is 12.1 Å². The van der Waals surface area contributed by atoms with Crippen molar-refractivity contribution in [2.75, 3.05) is 6.61 Å². The van der Waals surface area contributed by atoms with Gasteiger partial charge >= 0.3 is 11.9 Å². The summed E-state index contributed by atoms with van der Waals surface area (Å²) in [5.41, 5.74) is 2.68. The molecule has 1 aromatic carbocycles. The van der Waals surface area contributed by atoms with E-state index in [2.05, 4.69) is 20.8 Å². The summed E-state index contributed by atoms with van der Waals surface area (Å²) in [6, 6.07) is 5.17. The van der Waals surface area contributed by atoms with Crippen molar-refractivity contribution < 1.29 is 19.4 Å². The van der Waals surface area contributed by atoms with Gasteiger partial charge in [0.2, 0.25) is 0 Å². The van der Waals surface area contributed by atoms with Gasteiger partial charge in [-0.05, 0) is 60.8 Å². The summed E-state index contributed by atoms with van der Waals surface area (Å²) in [4.78, 5) is 23.2. The maximum Gasteiger partial charge on any atom is 0.335 e. The molecule has 1 unspecified atom stereocenters. The highest BCUT2D eigenvalue weighted by molar-refractivity contribution is 5.88. The molecule has 4 heteroatoms. The van der Waals surface area contributed by atoms with Crippen molar-refractivity contribution in [3.05, 3.63) is 34.9 Å². The van der Waals surface area contributed by atoms with Gasteiger partial charge in [0.15, 0.2) is 0 Å². The number of ether oxygens (including phenoxy) is 1. The lowest BCUT2D eigenvalue weighted by molar-refractivity contribution is -0.149. The predicted octanol–water partition coefficient (Wildman–Crippen LogP) is 3.86. The van der Waals surface area contributed by atoms with Crippen LogP contribution >= 0.6 is 0 Å². The van der Waals surface area contributed by atoms with Crippen LogP contribution in [-0.2, 0) is 22.4 Å². The monoisotopic (exact) mass is 318 g/mol. The van der Waals surface area contributed by atoms with Gasteiger partial charge in [0, 0.05) is 0 Å². The van der Waals surface area contributed by atoms with Crippen LogP contribution in [0.5, 0.6) is 0 Å². The number of rotatable bonds is 5. The lowest BCUT2D eigenvalue weighted by Gasteiger charge is -2.24. The van der Waals surface area contributed by atoms with E-state index in [1.165, 1.54) is 0 Å². The van der Waals surface area contributed by atoms with Gasteiger partial charge in [0.1, 0.15) is 0 Å². The molecule has 0 radical (unpaired) electrons. The van der Waals surface area contributed by atoms with Crippen molar-refractivity contribution in [2.45, 2.75) is 52.9 Å². The molecule has 1 N–H and O–H groups in total. The normalized spacial score (nSPS) is 17.4. The first kappa shape index (κ1) is 17.5. The van der Waals surface area contributed by atoms with E-state index < -0.39 is 5.97 Å². The number of carboxylic acid groups (broad SMARTS) is 1. The first-order chi connectivity index (χ1) is 10.8. The Kier molecular flexibility index (Phi) is 5.45. The van der Waals surface area contributed by atoms with Crippen molar-refractivity contribution in [3.63, 3.8) is 0 Å². The molecule has 1 aliphatic carbocycles. The number of carbonyl (C=O) groups excluding carboxylic acids is 1. The highest BCUT2D eigenvalue weighted by Crippen LogP contribution is 2.27. The largest absolute Gasteiger partial charge is 0.478 e. The molecule has 0 saturated carbocycles. The van der Waals surface area contributed by atoms with E-state index in [4.69, 9.17) is 9.84 Å². The molecule has 0 spiro atoms. The molecule has 126 valence electrons. The Labute approximate surface area is 137 Å². The Balaban J connectivity index is 1.87. The quantitative estimate of drug-likeness (QED) is 0.661. The fraction of sp³-hybridized carbons (Fsp3) is 0.579. The van der Waals surface area contributed by atoms with Crippen LogP contribution in [0, 0.1) is 11.3 Å². The lowest BCUT2D eigenvalue weighted by atomic mass is 9.83. The minimum atomic E-state index is -0.909. The predicted molar refractivity (Wildman–Crippen MR) is 88.6 cm³/mol. The number of benzene rings is 1. The second kappa shape index (κ2) is 7.16. The van der Waals surface area contributed by atoms with Gasteiger partial charge < -0.3 is 9.84 Å². The minimum absolute atomic E-state index is 0.104. The zero-order chi connectivity index (χ0) is 17.0. The average Bonchev–Trinajstić information content (AvgIpc) is 2.49. The van der Waals surface area contributed by atoms with Crippen LogP contribution in [0.15, 0.2) is 18.2 Å². The number of carbonyl (C=O) groups is 2. The average molecular weight is 318 g/mol. The van der Waals surface area contributed by atoms with E-state index in [0.29, 0.717) is 18.6 Å². The molecule has 1 aliphatic rings. The molecule has 0 heterocycles. The molecular weight excluding hydrogens is 292 g/mol. The summed E-state index contributed by atoms with van der Waals surface area (Å²) in [5, 5.41) is 9.03. The van der Waals surface area contributed by atoms with Crippen molar-refractivity contribution in [2.24, 2.45) is 11.3 Å². The van der Waals surface area contributed by atoms with Gasteiger partial charge in [-0.1, -0.05) is 26.8 Å². The van der Waals surface area contributed by atoms with Gasteiger partial charge in [-0.2, -0.15) is 0 Å². The molecule has 0 fully saturated rings. The zero-order valence-electron chi connectivity index (χ0n) is 14.2. The molecule has 0 bridgehead atoms. The minimum Gasteiger partial charge on any atom is -0.478 e. The van der Waals surface area contributed by atoms with Crippen LogP contribution in [0.3, 0.4) is 0 Å². The summed E-state index contributed by atoms with van der Waals surface area (Å²) >= 11 is 0. The molecular formula is C19H26O4. The Morgan fingerprint density at radius 2 is 2.00 bits per heavy atom. The Morgan fingerprint density at radius 1 is 1.26 bits per heavy atom. The fourth-order valence-electron chi connectivity index (χ4n) is 2.98. The maximum atomic E-state index is 12.2. The maximum absolute atomic E-state index is 12.2. The Bertz CT molecular complexity index is 584. The number of fused-ring (bicyclic) bond motifs is 1. The molecule has 0 amide bonds. The van der Waals surface area contributed by atoms with Crippen molar-refractivity contribution in [1.82, 2.24) is 0 Å². The van der Waals surface area contributed by atoms with E-state index >= 15 is 0 Å². The van der Waals surface area contributed by atoms with E-state index in [0.717, 1.165) is 36.8 Å². The van der Waals surface area contributed by atoms with Crippen molar-refractivity contribution in [1.29, 1.82) is 0 Å². The van der Waals surface area contributed by atoms with E-state index in [-0.39, 0.29) is 17.3 Å². The molecule has 1 atom stereocenters. The van der Waals surface area contributed by atoms with E-state index in [1.807, 2.05) is 6.07 Å². The van der Waals surface area contributed by atoms with Gasteiger partial charge in [-0.25, -0.2) is 4.79 Å². The third-order valence-electron chi connectivity index (χ3n) is 4.33. The summed E-state index contributed by atoms with van der Waals surface area (Å²) < 4.78 is 5.42. The third kappa shape index (κ3) is 5.08. The molecule has 0 saturated heterocycles. The molecule has 1 aromatic rings.